The van der Waals surface area contributed by atoms with Gasteiger partial charge in [0.1, 0.15) is 18.1 Å². The van der Waals surface area contributed by atoms with E-state index in [1.807, 2.05) is 50.2 Å². The molecule has 2 heterocycles. The molecule has 0 N–H and O–H groups in total. The van der Waals surface area contributed by atoms with Gasteiger partial charge in [-0.15, -0.1) is 0 Å². The maximum Gasteiger partial charge on any atom is 0.368 e. The summed E-state index contributed by atoms with van der Waals surface area (Å²) in [6.45, 7) is 4.53. The SMILES string of the molecule is CCOc1cccc(-n2nnn(C)c2=O)c1COc1ccc(-c2cc(Cl)ccn2)cc1C. The van der Waals surface area contributed by atoms with Gasteiger partial charge < -0.3 is 9.47 Å². The summed E-state index contributed by atoms with van der Waals surface area (Å²) in [4.78, 5) is 16.8. The predicted molar refractivity (Wildman–Crippen MR) is 122 cm³/mol. The molecule has 4 aromatic rings. The first-order valence-corrected chi connectivity index (χ1v) is 10.4. The van der Waals surface area contributed by atoms with Gasteiger partial charge in [0.15, 0.2) is 0 Å². The molecule has 0 fully saturated rings. The van der Waals surface area contributed by atoms with E-state index in [1.54, 1.807) is 25.4 Å². The van der Waals surface area contributed by atoms with Crippen molar-refractivity contribution in [2.24, 2.45) is 7.05 Å². The van der Waals surface area contributed by atoms with Crippen LogP contribution in [-0.4, -0.2) is 31.4 Å². The molecule has 32 heavy (non-hydrogen) atoms. The lowest BCUT2D eigenvalue weighted by molar-refractivity contribution is 0.284. The van der Waals surface area contributed by atoms with Crippen molar-refractivity contribution in [3.8, 4) is 28.4 Å². The second kappa shape index (κ2) is 9.23. The molecule has 2 aromatic carbocycles. The highest BCUT2D eigenvalue weighted by Gasteiger charge is 2.17. The smallest absolute Gasteiger partial charge is 0.368 e. The third-order valence-corrected chi connectivity index (χ3v) is 5.16. The molecule has 8 nitrogen and oxygen atoms in total. The van der Waals surface area contributed by atoms with Crippen molar-refractivity contribution in [3.05, 3.63) is 81.4 Å². The van der Waals surface area contributed by atoms with Crippen molar-refractivity contribution in [1.29, 1.82) is 0 Å². The third kappa shape index (κ3) is 4.36. The number of tetrazole rings is 1. The molecule has 0 radical (unpaired) electrons. The summed E-state index contributed by atoms with van der Waals surface area (Å²) >= 11 is 6.09. The fraction of sp³-hybridized carbons (Fsp3) is 0.217. The van der Waals surface area contributed by atoms with Crippen LogP contribution in [0.2, 0.25) is 5.02 Å². The molecule has 0 atom stereocenters. The number of nitrogens with zero attached hydrogens (tertiary/aromatic N) is 5. The molecule has 0 saturated carbocycles. The second-order valence-electron chi connectivity index (χ2n) is 7.11. The van der Waals surface area contributed by atoms with Gasteiger partial charge in [-0.1, -0.05) is 17.7 Å². The summed E-state index contributed by atoms with van der Waals surface area (Å²) < 4.78 is 14.3. The molecule has 4 rings (SSSR count). The van der Waals surface area contributed by atoms with Gasteiger partial charge in [-0.25, -0.2) is 4.79 Å². The van der Waals surface area contributed by atoms with Crippen molar-refractivity contribution < 1.29 is 9.47 Å². The maximum atomic E-state index is 12.4. The topological polar surface area (TPSA) is 84.1 Å². The van der Waals surface area contributed by atoms with Gasteiger partial charge in [0.05, 0.1) is 23.6 Å². The van der Waals surface area contributed by atoms with Crippen LogP contribution in [0.1, 0.15) is 18.1 Å². The van der Waals surface area contributed by atoms with E-state index in [-0.39, 0.29) is 12.3 Å². The van der Waals surface area contributed by atoms with E-state index >= 15 is 0 Å². The number of halogens is 1. The number of hydrogen-bond donors (Lipinski definition) is 0. The third-order valence-electron chi connectivity index (χ3n) is 4.92. The minimum absolute atomic E-state index is 0.185. The fourth-order valence-corrected chi connectivity index (χ4v) is 3.50. The molecular weight excluding hydrogens is 430 g/mol. The number of hydrogen-bond acceptors (Lipinski definition) is 6. The molecule has 0 saturated heterocycles. The van der Waals surface area contributed by atoms with Crippen LogP contribution in [0, 0.1) is 6.92 Å². The molecule has 0 aliphatic rings. The van der Waals surface area contributed by atoms with Gasteiger partial charge in [0.25, 0.3) is 0 Å². The zero-order valence-corrected chi connectivity index (χ0v) is 18.7. The Kier molecular flexibility index (Phi) is 6.23. The van der Waals surface area contributed by atoms with E-state index in [1.165, 1.54) is 9.36 Å². The van der Waals surface area contributed by atoms with Gasteiger partial charge in [-0.3, -0.25) is 4.98 Å². The first-order chi connectivity index (χ1) is 15.5. The molecular formula is C23H22ClN5O3. The second-order valence-corrected chi connectivity index (χ2v) is 7.55. The standard InChI is InChI=1S/C23H22ClN5O3/c1-4-31-22-7-5-6-20(29-23(30)28(3)26-27-29)18(22)14-32-21-9-8-16(12-15(21)2)19-13-17(24)10-11-25-19/h5-13H,4,14H2,1-3H3. The molecule has 0 unspecified atom stereocenters. The highest BCUT2D eigenvalue weighted by atomic mass is 35.5. The number of benzene rings is 2. The number of aromatic nitrogens is 5. The molecule has 0 amide bonds. The van der Waals surface area contributed by atoms with Gasteiger partial charge in [-0.2, -0.15) is 9.36 Å². The zero-order chi connectivity index (χ0) is 22.7. The minimum Gasteiger partial charge on any atom is -0.493 e. The largest absolute Gasteiger partial charge is 0.493 e. The lowest BCUT2D eigenvalue weighted by atomic mass is 10.1. The van der Waals surface area contributed by atoms with Crippen molar-refractivity contribution in [3.63, 3.8) is 0 Å². The number of aryl methyl sites for hydroxylation is 2. The molecule has 0 bridgehead atoms. The van der Waals surface area contributed by atoms with Crippen LogP contribution < -0.4 is 15.2 Å². The van der Waals surface area contributed by atoms with Crippen molar-refractivity contribution in [2.45, 2.75) is 20.5 Å². The summed E-state index contributed by atoms with van der Waals surface area (Å²) in [5.74, 6) is 1.33. The monoisotopic (exact) mass is 451 g/mol. The normalized spacial score (nSPS) is 10.9. The van der Waals surface area contributed by atoms with Crippen LogP contribution in [0.4, 0.5) is 0 Å². The number of rotatable bonds is 7. The average Bonchev–Trinajstić information content (AvgIpc) is 3.12. The summed E-state index contributed by atoms with van der Waals surface area (Å²) in [6, 6.07) is 14.8. The Morgan fingerprint density at radius 2 is 1.88 bits per heavy atom. The maximum absolute atomic E-state index is 12.4. The summed E-state index contributed by atoms with van der Waals surface area (Å²) in [6.07, 6.45) is 1.68. The zero-order valence-electron chi connectivity index (χ0n) is 17.9. The minimum atomic E-state index is -0.352. The van der Waals surface area contributed by atoms with Crippen LogP contribution in [0.3, 0.4) is 0 Å². The van der Waals surface area contributed by atoms with E-state index in [0.29, 0.717) is 34.4 Å². The highest BCUT2D eigenvalue weighted by molar-refractivity contribution is 6.30. The van der Waals surface area contributed by atoms with E-state index in [4.69, 9.17) is 21.1 Å². The average molecular weight is 452 g/mol. The summed E-state index contributed by atoms with van der Waals surface area (Å²) in [5.41, 5.74) is 3.59. The van der Waals surface area contributed by atoms with E-state index < -0.39 is 0 Å². The quantitative estimate of drug-likeness (QED) is 0.422. The van der Waals surface area contributed by atoms with Crippen molar-refractivity contribution >= 4 is 11.6 Å². The Morgan fingerprint density at radius 1 is 1.03 bits per heavy atom. The van der Waals surface area contributed by atoms with Crippen LogP contribution in [-0.2, 0) is 13.7 Å². The fourth-order valence-electron chi connectivity index (χ4n) is 3.34. The van der Waals surface area contributed by atoms with Crippen LogP contribution in [0.25, 0.3) is 16.9 Å². The predicted octanol–water partition coefficient (Wildman–Crippen LogP) is 3.97. The van der Waals surface area contributed by atoms with Gasteiger partial charge in [0, 0.05) is 23.8 Å². The van der Waals surface area contributed by atoms with Crippen molar-refractivity contribution in [2.75, 3.05) is 6.61 Å². The summed E-state index contributed by atoms with van der Waals surface area (Å²) in [5, 5.41) is 8.40. The summed E-state index contributed by atoms with van der Waals surface area (Å²) in [7, 11) is 1.55. The van der Waals surface area contributed by atoms with Crippen molar-refractivity contribution in [1.82, 2.24) is 24.8 Å². The Morgan fingerprint density at radius 3 is 2.56 bits per heavy atom. The molecule has 164 valence electrons. The molecule has 0 spiro atoms. The van der Waals surface area contributed by atoms with E-state index in [2.05, 4.69) is 15.4 Å². The van der Waals surface area contributed by atoms with E-state index in [0.717, 1.165) is 16.8 Å². The van der Waals surface area contributed by atoms with Gasteiger partial charge >= 0.3 is 5.69 Å². The van der Waals surface area contributed by atoms with Gasteiger partial charge in [0.2, 0.25) is 0 Å². The first-order valence-electron chi connectivity index (χ1n) is 10.1. The molecule has 0 aliphatic heterocycles. The Labute approximate surface area is 190 Å². The van der Waals surface area contributed by atoms with Crippen LogP contribution >= 0.6 is 11.6 Å². The Hall–Kier alpha value is -3.65. The highest BCUT2D eigenvalue weighted by Crippen LogP contribution is 2.30. The Balaban J connectivity index is 1.65. The molecule has 0 aliphatic carbocycles. The van der Waals surface area contributed by atoms with Gasteiger partial charge in [-0.05, 0) is 72.3 Å². The van der Waals surface area contributed by atoms with Crippen LogP contribution in [0.15, 0.2) is 59.5 Å². The lowest BCUT2D eigenvalue weighted by Gasteiger charge is -2.16. The number of ether oxygens (including phenoxy) is 2. The van der Waals surface area contributed by atoms with Crippen LogP contribution in [0.5, 0.6) is 11.5 Å². The first kappa shape index (κ1) is 21.6. The Bertz CT molecular complexity index is 1320. The molecule has 2 aromatic heterocycles. The van der Waals surface area contributed by atoms with E-state index in [9.17, 15) is 4.79 Å². The number of pyridine rings is 1. The lowest BCUT2D eigenvalue weighted by Crippen LogP contribution is -2.23. The molecule has 9 heteroatoms.